The number of thioether (sulfide) groups is 1. The molecule has 1 heterocycles. The summed E-state index contributed by atoms with van der Waals surface area (Å²) in [6, 6.07) is 8.18. The van der Waals surface area contributed by atoms with Gasteiger partial charge in [-0.25, -0.2) is 4.90 Å². The van der Waals surface area contributed by atoms with Crippen molar-refractivity contribution in [3.63, 3.8) is 0 Å². The van der Waals surface area contributed by atoms with E-state index in [4.69, 9.17) is 16.3 Å². The topological polar surface area (TPSA) is 113 Å². The van der Waals surface area contributed by atoms with Crippen molar-refractivity contribution in [1.82, 2.24) is 0 Å². The van der Waals surface area contributed by atoms with Crippen molar-refractivity contribution in [2.75, 3.05) is 11.5 Å². The fraction of sp³-hybridized carbons (Fsp3) is 0.111. The van der Waals surface area contributed by atoms with E-state index in [1.165, 1.54) is 30.3 Å². The molecular weight excluding hydrogens is 408 g/mol. The van der Waals surface area contributed by atoms with Gasteiger partial charge in [0.2, 0.25) is 0 Å². The van der Waals surface area contributed by atoms with E-state index < -0.39 is 21.8 Å². The molecule has 28 heavy (non-hydrogen) atoms. The molecule has 2 aromatic rings. The average molecular weight is 420 g/mol. The van der Waals surface area contributed by atoms with Crippen molar-refractivity contribution in [3.05, 3.63) is 62.0 Å². The molecule has 0 bridgehead atoms. The highest BCUT2D eigenvalue weighted by molar-refractivity contribution is 8.19. The summed E-state index contributed by atoms with van der Waals surface area (Å²) in [6.45, 7) is 1.78. The molecule has 1 aliphatic rings. The Kier molecular flexibility index (Phi) is 5.57. The van der Waals surface area contributed by atoms with Gasteiger partial charge in [-0.05, 0) is 54.6 Å². The van der Waals surface area contributed by atoms with Crippen LogP contribution in [0, 0.1) is 10.1 Å². The maximum absolute atomic E-state index is 12.7. The molecule has 10 heteroatoms. The van der Waals surface area contributed by atoms with Gasteiger partial charge in [0.25, 0.3) is 16.8 Å². The van der Waals surface area contributed by atoms with Crippen LogP contribution in [0.15, 0.2) is 41.3 Å². The molecule has 2 aromatic carbocycles. The molecule has 1 fully saturated rings. The van der Waals surface area contributed by atoms with E-state index in [2.05, 4.69) is 0 Å². The lowest BCUT2D eigenvalue weighted by atomic mass is 10.1. The zero-order chi connectivity index (χ0) is 20.4. The predicted molar refractivity (Wildman–Crippen MR) is 104 cm³/mol. The zero-order valence-corrected chi connectivity index (χ0v) is 16.0. The number of nitro benzene ring substituents is 1. The van der Waals surface area contributed by atoms with Crippen molar-refractivity contribution in [2.45, 2.75) is 6.92 Å². The molecule has 0 N–H and O–H groups in total. The Balaban J connectivity index is 2.02. The third-order valence-corrected chi connectivity index (χ3v) is 4.87. The molecule has 0 radical (unpaired) electrons. The summed E-state index contributed by atoms with van der Waals surface area (Å²) in [5, 5.41) is 23.5. The average Bonchev–Trinajstić information content (AvgIpc) is 2.92. The number of non-ortho nitro benzene ring substituents is 1. The minimum atomic E-state index is -0.668. The Hall–Kier alpha value is -3.04. The number of imide groups is 1. The van der Waals surface area contributed by atoms with Crippen molar-refractivity contribution in [2.24, 2.45) is 0 Å². The highest BCUT2D eigenvalue weighted by Crippen LogP contribution is 2.39. The molecule has 1 saturated heterocycles. The van der Waals surface area contributed by atoms with Crippen LogP contribution in [0.4, 0.5) is 16.2 Å². The standard InChI is InChI=1S/C18H13ClN2O6S/c1-2-27-14-9-13(21(25)26)7-10(16(14)22)8-15-17(23)20(18(24)28-15)12-5-3-11(19)4-6-12/h3-9,22H,2H2,1H3/p-1/b15-8-. The first kappa shape index (κ1) is 19.7. The molecule has 0 unspecified atom stereocenters. The molecular formula is C18H12ClN2O6S-. The van der Waals surface area contributed by atoms with E-state index in [0.717, 1.165) is 17.0 Å². The SMILES string of the molecule is CCOc1cc([N+](=O)[O-])cc(/C=C2\SC(=O)N(c3ccc(Cl)cc3)C2=O)c1[O-]. The van der Waals surface area contributed by atoms with Crippen LogP contribution in [-0.2, 0) is 4.79 Å². The van der Waals surface area contributed by atoms with Crippen molar-refractivity contribution in [3.8, 4) is 11.5 Å². The first-order chi connectivity index (χ1) is 13.3. The van der Waals surface area contributed by atoms with Gasteiger partial charge in [0, 0.05) is 11.1 Å². The summed E-state index contributed by atoms with van der Waals surface area (Å²) >= 11 is 6.45. The summed E-state index contributed by atoms with van der Waals surface area (Å²) in [6.07, 6.45) is 1.17. The van der Waals surface area contributed by atoms with Crippen molar-refractivity contribution >= 4 is 52.0 Å². The van der Waals surface area contributed by atoms with Crippen molar-refractivity contribution < 1.29 is 24.4 Å². The number of benzene rings is 2. The van der Waals surface area contributed by atoms with Crippen LogP contribution < -0.4 is 14.7 Å². The Morgan fingerprint density at radius 3 is 2.54 bits per heavy atom. The lowest BCUT2D eigenvalue weighted by molar-refractivity contribution is -0.385. The van der Waals surface area contributed by atoms with Crippen LogP contribution in [-0.4, -0.2) is 22.7 Å². The van der Waals surface area contributed by atoms with Crippen LogP contribution in [0.25, 0.3) is 6.08 Å². The molecule has 0 spiro atoms. The minimum absolute atomic E-state index is 0.0278. The van der Waals surface area contributed by atoms with E-state index in [9.17, 15) is 24.8 Å². The Morgan fingerprint density at radius 1 is 1.25 bits per heavy atom. The summed E-state index contributed by atoms with van der Waals surface area (Å²) in [5.74, 6) is -1.44. The monoisotopic (exact) mass is 419 g/mol. The summed E-state index contributed by atoms with van der Waals surface area (Å²) < 4.78 is 5.15. The van der Waals surface area contributed by atoms with Gasteiger partial charge in [-0.3, -0.25) is 19.7 Å². The quantitative estimate of drug-likeness (QED) is 0.409. The van der Waals surface area contributed by atoms with Crippen LogP contribution in [0.5, 0.6) is 11.5 Å². The van der Waals surface area contributed by atoms with Gasteiger partial charge < -0.3 is 9.84 Å². The number of nitrogens with zero attached hydrogens (tertiary/aromatic N) is 2. The van der Waals surface area contributed by atoms with Gasteiger partial charge in [0.15, 0.2) is 0 Å². The normalized spacial score (nSPS) is 15.4. The Bertz CT molecular complexity index is 1010. The summed E-state index contributed by atoms with van der Waals surface area (Å²) in [7, 11) is 0. The lowest BCUT2D eigenvalue weighted by Gasteiger charge is -2.17. The van der Waals surface area contributed by atoms with Gasteiger partial charge in [-0.2, -0.15) is 0 Å². The molecule has 0 aliphatic carbocycles. The second-order valence-electron chi connectivity index (χ2n) is 5.55. The number of hydrogen-bond acceptors (Lipinski definition) is 7. The largest absolute Gasteiger partial charge is 0.870 e. The number of rotatable bonds is 5. The summed E-state index contributed by atoms with van der Waals surface area (Å²) in [4.78, 5) is 36.3. The van der Waals surface area contributed by atoms with E-state index in [1.807, 2.05) is 0 Å². The minimum Gasteiger partial charge on any atom is -0.870 e. The maximum atomic E-state index is 12.7. The van der Waals surface area contributed by atoms with E-state index in [0.29, 0.717) is 22.5 Å². The predicted octanol–water partition coefficient (Wildman–Crippen LogP) is 3.96. The molecule has 0 atom stereocenters. The molecule has 3 rings (SSSR count). The van der Waals surface area contributed by atoms with E-state index in [1.54, 1.807) is 6.92 Å². The second-order valence-corrected chi connectivity index (χ2v) is 6.98. The Labute approximate surface area is 168 Å². The lowest BCUT2D eigenvalue weighted by Crippen LogP contribution is -2.27. The smallest absolute Gasteiger partial charge is 0.298 e. The van der Waals surface area contributed by atoms with Gasteiger partial charge in [-0.15, -0.1) is 0 Å². The molecule has 144 valence electrons. The molecule has 8 nitrogen and oxygen atoms in total. The number of nitro groups is 1. The van der Waals surface area contributed by atoms with Crippen LogP contribution in [0.1, 0.15) is 12.5 Å². The second kappa shape index (κ2) is 7.91. The third-order valence-electron chi connectivity index (χ3n) is 3.74. The van der Waals surface area contributed by atoms with E-state index in [-0.39, 0.29) is 28.5 Å². The number of ether oxygens (including phenoxy) is 1. The van der Waals surface area contributed by atoms with Gasteiger partial charge in [0.05, 0.1) is 28.2 Å². The number of carbonyl (C=O) groups is 2. The molecule has 2 amide bonds. The Morgan fingerprint density at radius 2 is 1.93 bits per heavy atom. The van der Waals surface area contributed by atoms with Crippen LogP contribution in [0.3, 0.4) is 0 Å². The third kappa shape index (κ3) is 3.80. The first-order valence-corrected chi connectivity index (χ1v) is 9.17. The number of carbonyl (C=O) groups excluding carboxylic acids is 2. The van der Waals surface area contributed by atoms with Crippen molar-refractivity contribution in [1.29, 1.82) is 0 Å². The highest BCUT2D eigenvalue weighted by Gasteiger charge is 2.36. The highest BCUT2D eigenvalue weighted by atomic mass is 35.5. The first-order valence-electron chi connectivity index (χ1n) is 7.97. The fourth-order valence-corrected chi connectivity index (χ4v) is 3.46. The molecule has 1 aliphatic heterocycles. The maximum Gasteiger partial charge on any atom is 0.298 e. The number of hydrogen-bond donors (Lipinski definition) is 0. The van der Waals surface area contributed by atoms with Gasteiger partial charge in [-0.1, -0.05) is 17.4 Å². The molecule has 0 aromatic heterocycles. The number of anilines is 1. The number of amides is 2. The molecule has 0 saturated carbocycles. The van der Waals surface area contributed by atoms with E-state index >= 15 is 0 Å². The fourth-order valence-electron chi connectivity index (χ4n) is 2.51. The van der Waals surface area contributed by atoms with Gasteiger partial charge in [0.1, 0.15) is 5.75 Å². The van der Waals surface area contributed by atoms with Crippen LogP contribution >= 0.6 is 23.4 Å². The number of halogens is 1. The zero-order valence-electron chi connectivity index (χ0n) is 14.4. The van der Waals surface area contributed by atoms with Crippen LogP contribution in [0.2, 0.25) is 5.02 Å². The summed E-state index contributed by atoms with van der Waals surface area (Å²) in [5.41, 5.74) is -0.141. The van der Waals surface area contributed by atoms with Gasteiger partial charge >= 0.3 is 0 Å².